The second-order valence-corrected chi connectivity index (χ2v) is 2.60. The minimum absolute atomic E-state index is 0.157. The van der Waals surface area contributed by atoms with Gasteiger partial charge in [-0.05, 0) is 17.7 Å². The molecule has 0 fully saturated rings. The van der Waals surface area contributed by atoms with Gasteiger partial charge in [-0.1, -0.05) is 6.92 Å². The molecule has 0 radical (unpaired) electrons. The maximum atomic E-state index is 11.0. The molecule has 0 aliphatic carbocycles. The lowest BCUT2D eigenvalue weighted by atomic mass is 10.2. The van der Waals surface area contributed by atoms with Gasteiger partial charge >= 0.3 is 0 Å². The maximum absolute atomic E-state index is 11.0. The van der Waals surface area contributed by atoms with Crippen LogP contribution in [0.15, 0.2) is 21.9 Å². The SMILES string of the molecule is CCC(=O)NC1=NCCC=C1N=O. The van der Waals surface area contributed by atoms with Gasteiger partial charge in [0.25, 0.3) is 0 Å². The number of carbonyl (C=O) groups excluding carboxylic acids is 1. The van der Waals surface area contributed by atoms with Crippen molar-refractivity contribution in [1.29, 1.82) is 0 Å². The van der Waals surface area contributed by atoms with Crippen molar-refractivity contribution < 1.29 is 4.79 Å². The van der Waals surface area contributed by atoms with Gasteiger partial charge in [-0.15, -0.1) is 4.91 Å². The first-order chi connectivity index (χ1) is 6.27. The van der Waals surface area contributed by atoms with Gasteiger partial charge in [0.05, 0.1) is 0 Å². The average Bonchev–Trinajstić information content (AvgIpc) is 2.18. The van der Waals surface area contributed by atoms with E-state index in [1.807, 2.05) is 0 Å². The van der Waals surface area contributed by atoms with Crippen LogP contribution in [-0.4, -0.2) is 18.3 Å². The molecule has 5 heteroatoms. The van der Waals surface area contributed by atoms with Crippen LogP contribution in [0.1, 0.15) is 19.8 Å². The zero-order chi connectivity index (χ0) is 9.68. The van der Waals surface area contributed by atoms with Crippen molar-refractivity contribution in [2.45, 2.75) is 19.8 Å². The van der Waals surface area contributed by atoms with Gasteiger partial charge in [0.2, 0.25) is 5.91 Å². The van der Waals surface area contributed by atoms with Gasteiger partial charge < -0.3 is 5.32 Å². The summed E-state index contributed by atoms with van der Waals surface area (Å²) in [5, 5.41) is 5.30. The molecule has 0 saturated heterocycles. The molecule has 0 atom stereocenters. The summed E-state index contributed by atoms with van der Waals surface area (Å²) in [5.74, 6) is 0.142. The van der Waals surface area contributed by atoms with E-state index < -0.39 is 0 Å². The third kappa shape index (κ3) is 2.47. The Labute approximate surface area is 75.9 Å². The van der Waals surface area contributed by atoms with Crippen LogP contribution in [0.3, 0.4) is 0 Å². The summed E-state index contributed by atoms with van der Waals surface area (Å²) in [4.78, 5) is 25.3. The van der Waals surface area contributed by atoms with Crippen molar-refractivity contribution >= 4 is 11.7 Å². The Morgan fingerprint density at radius 1 is 1.77 bits per heavy atom. The fourth-order valence-corrected chi connectivity index (χ4v) is 0.960. The van der Waals surface area contributed by atoms with Crippen molar-refractivity contribution in [3.05, 3.63) is 16.7 Å². The number of hydrogen-bond donors (Lipinski definition) is 1. The van der Waals surface area contributed by atoms with Crippen LogP contribution in [0.2, 0.25) is 0 Å². The van der Waals surface area contributed by atoms with E-state index in [0.717, 1.165) is 0 Å². The first kappa shape index (κ1) is 9.57. The molecule has 0 unspecified atom stereocenters. The van der Waals surface area contributed by atoms with E-state index in [9.17, 15) is 9.70 Å². The molecule has 5 nitrogen and oxygen atoms in total. The number of dihydropyridines is 1. The number of nitrogens with zero attached hydrogens (tertiary/aromatic N) is 2. The Morgan fingerprint density at radius 2 is 2.54 bits per heavy atom. The molecule has 0 aromatic heterocycles. The molecule has 13 heavy (non-hydrogen) atoms. The Hall–Kier alpha value is -1.52. The van der Waals surface area contributed by atoms with Crippen molar-refractivity contribution in [2.24, 2.45) is 10.2 Å². The van der Waals surface area contributed by atoms with Crippen LogP contribution in [0.4, 0.5) is 0 Å². The van der Waals surface area contributed by atoms with Gasteiger partial charge in [-0.2, -0.15) is 0 Å². The van der Waals surface area contributed by atoms with Gasteiger partial charge in [0.15, 0.2) is 5.84 Å². The van der Waals surface area contributed by atoms with Crippen molar-refractivity contribution in [3.8, 4) is 0 Å². The van der Waals surface area contributed by atoms with Crippen molar-refractivity contribution in [3.63, 3.8) is 0 Å². The average molecular weight is 181 g/mol. The third-order valence-corrected chi connectivity index (χ3v) is 1.66. The fraction of sp³-hybridized carbons (Fsp3) is 0.500. The summed E-state index contributed by atoms with van der Waals surface area (Å²) < 4.78 is 0. The van der Waals surface area contributed by atoms with E-state index in [4.69, 9.17) is 0 Å². The lowest BCUT2D eigenvalue weighted by Crippen LogP contribution is -2.32. The predicted molar refractivity (Wildman–Crippen MR) is 49.2 cm³/mol. The predicted octanol–water partition coefficient (Wildman–Crippen LogP) is 0.965. The van der Waals surface area contributed by atoms with E-state index in [0.29, 0.717) is 25.2 Å². The summed E-state index contributed by atoms with van der Waals surface area (Å²) in [7, 11) is 0. The van der Waals surface area contributed by atoms with E-state index in [1.54, 1.807) is 13.0 Å². The summed E-state index contributed by atoms with van der Waals surface area (Å²) >= 11 is 0. The summed E-state index contributed by atoms with van der Waals surface area (Å²) in [6.07, 6.45) is 2.74. The van der Waals surface area contributed by atoms with E-state index in [2.05, 4.69) is 15.5 Å². The third-order valence-electron chi connectivity index (χ3n) is 1.66. The number of nitrogens with one attached hydrogen (secondary N) is 1. The molecule has 1 N–H and O–H groups in total. The van der Waals surface area contributed by atoms with Crippen LogP contribution in [0.25, 0.3) is 0 Å². The molecule has 1 amide bonds. The Kier molecular flexibility index (Phi) is 3.31. The Morgan fingerprint density at radius 3 is 3.15 bits per heavy atom. The molecule has 1 rings (SSSR count). The van der Waals surface area contributed by atoms with Crippen molar-refractivity contribution in [2.75, 3.05) is 6.54 Å². The molecule has 0 aromatic rings. The van der Waals surface area contributed by atoms with Crippen LogP contribution in [0, 0.1) is 4.91 Å². The normalized spacial score (nSPS) is 15.8. The number of aliphatic imine (C=N–C) groups is 1. The van der Waals surface area contributed by atoms with E-state index >= 15 is 0 Å². The van der Waals surface area contributed by atoms with Crippen molar-refractivity contribution in [1.82, 2.24) is 5.32 Å². The highest BCUT2D eigenvalue weighted by molar-refractivity contribution is 6.07. The number of hydrogen-bond acceptors (Lipinski definition) is 4. The molecule has 70 valence electrons. The quantitative estimate of drug-likeness (QED) is 0.644. The first-order valence-electron chi connectivity index (χ1n) is 4.16. The largest absolute Gasteiger partial charge is 0.309 e. The fourth-order valence-electron chi connectivity index (χ4n) is 0.960. The second-order valence-electron chi connectivity index (χ2n) is 2.60. The molecule has 1 heterocycles. The molecular weight excluding hydrogens is 170 g/mol. The molecular formula is C8H11N3O2. The van der Waals surface area contributed by atoms with Gasteiger partial charge in [-0.3, -0.25) is 9.79 Å². The summed E-state index contributed by atoms with van der Waals surface area (Å²) in [6, 6.07) is 0. The standard InChI is InChI=1S/C8H11N3O2/c1-2-7(12)10-8-6(11-13)4-3-5-9-8/h4H,2-3,5H2,1H3,(H,9,10,12). The van der Waals surface area contributed by atoms with Crippen LogP contribution in [-0.2, 0) is 4.79 Å². The molecule has 0 spiro atoms. The van der Waals surface area contributed by atoms with Gasteiger partial charge in [0.1, 0.15) is 5.70 Å². The van der Waals surface area contributed by atoms with Crippen LogP contribution in [0.5, 0.6) is 0 Å². The lowest BCUT2D eigenvalue weighted by Gasteiger charge is -2.09. The van der Waals surface area contributed by atoms with Crippen LogP contribution < -0.4 is 5.32 Å². The monoisotopic (exact) mass is 181 g/mol. The van der Waals surface area contributed by atoms with Gasteiger partial charge in [-0.25, -0.2) is 0 Å². The first-order valence-corrected chi connectivity index (χ1v) is 4.16. The van der Waals surface area contributed by atoms with Gasteiger partial charge in [0, 0.05) is 13.0 Å². The molecule has 0 bridgehead atoms. The number of carbonyl (C=O) groups is 1. The minimum Gasteiger partial charge on any atom is -0.309 e. The summed E-state index contributed by atoms with van der Waals surface area (Å²) in [5.41, 5.74) is 0.230. The van der Waals surface area contributed by atoms with E-state index in [-0.39, 0.29) is 11.6 Å². The Balaban J connectivity index is 2.67. The Bertz CT molecular complexity index is 281. The van der Waals surface area contributed by atoms with Crippen LogP contribution >= 0.6 is 0 Å². The zero-order valence-electron chi connectivity index (χ0n) is 7.41. The number of nitroso groups, excluding NO2 is 1. The second kappa shape index (κ2) is 4.49. The molecule has 0 saturated carbocycles. The smallest absolute Gasteiger partial charge is 0.225 e. The maximum Gasteiger partial charge on any atom is 0.225 e. The highest BCUT2D eigenvalue weighted by Gasteiger charge is 2.12. The number of amidine groups is 1. The highest BCUT2D eigenvalue weighted by Crippen LogP contribution is 2.06. The van der Waals surface area contributed by atoms with E-state index in [1.165, 1.54) is 0 Å². The summed E-state index contributed by atoms with van der Waals surface area (Å²) in [6.45, 7) is 2.33. The highest BCUT2D eigenvalue weighted by atomic mass is 16.3. The number of amides is 1. The molecule has 1 aliphatic heterocycles. The minimum atomic E-state index is -0.157. The lowest BCUT2D eigenvalue weighted by molar-refractivity contribution is -0.119. The molecule has 0 aromatic carbocycles. The zero-order valence-corrected chi connectivity index (χ0v) is 7.41. The topological polar surface area (TPSA) is 70.9 Å². The molecule has 1 aliphatic rings. The number of rotatable bonds is 2.